The van der Waals surface area contributed by atoms with Gasteiger partial charge in [0.2, 0.25) is 0 Å². The van der Waals surface area contributed by atoms with Crippen LogP contribution in [-0.4, -0.2) is 24.1 Å². The smallest absolute Gasteiger partial charge is 0.321 e. The first-order valence-electron chi connectivity index (χ1n) is 6.32. The van der Waals surface area contributed by atoms with Crippen LogP contribution in [0.2, 0.25) is 0 Å². The molecule has 4 heteroatoms. The molecule has 0 spiro atoms. The minimum atomic E-state index is -0.867. The van der Waals surface area contributed by atoms with E-state index < -0.39 is 23.5 Å². The van der Waals surface area contributed by atoms with Crippen molar-refractivity contribution in [2.24, 2.45) is 11.8 Å². The molecule has 0 aliphatic carbocycles. The molecule has 0 N–H and O–H groups in total. The maximum Gasteiger partial charge on any atom is 0.321 e. The number of rotatable bonds is 7. The van der Waals surface area contributed by atoms with Gasteiger partial charge >= 0.3 is 11.9 Å². The summed E-state index contributed by atoms with van der Waals surface area (Å²) < 4.78 is 10.2. The van der Waals surface area contributed by atoms with Crippen LogP contribution in [0.1, 0.15) is 41.0 Å². The molecule has 0 radical (unpaired) electrons. The summed E-state index contributed by atoms with van der Waals surface area (Å²) in [6, 6.07) is 0. The van der Waals surface area contributed by atoms with Gasteiger partial charge in [-0.3, -0.25) is 9.59 Å². The Balaban J connectivity index is 4.92. The van der Waals surface area contributed by atoms with E-state index in [2.05, 4.69) is 6.58 Å². The summed E-state index contributed by atoms with van der Waals surface area (Å²) in [5.41, 5.74) is -0.782. The summed E-state index contributed by atoms with van der Waals surface area (Å²) in [7, 11) is 0. The highest BCUT2D eigenvalue weighted by molar-refractivity contribution is 5.95. The summed E-state index contributed by atoms with van der Waals surface area (Å²) >= 11 is 0. The van der Waals surface area contributed by atoms with Crippen LogP contribution >= 0.6 is 0 Å². The summed E-state index contributed by atoms with van der Waals surface area (Å²) in [6.45, 7) is 12.8. The zero-order valence-corrected chi connectivity index (χ0v) is 12.0. The van der Waals surface area contributed by atoms with Crippen LogP contribution < -0.4 is 0 Å². The third-order valence-corrected chi connectivity index (χ3v) is 2.86. The van der Waals surface area contributed by atoms with Crippen molar-refractivity contribution in [1.29, 1.82) is 0 Å². The Morgan fingerprint density at radius 3 is 2.22 bits per heavy atom. The minimum absolute atomic E-state index is 0.114. The predicted molar refractivity (Wildman–Crippen MR) is 69.9 cm³/mol. The summed E-state index contributed by atoms with van der Waals surface area (Å²) in [5.74, 6) is -2.05. The van der Waals surface area contributed by atoms with E-state index in [-0.39, 0.29) is 12.5 Å². The van der Waals surface area contributed by atoms with E-state index >= 15 is 0 Å². The summed E-state index contributed by atoms with van der Waals surface area (Å²) in [4.78, 5) is 23.9. The molecule has 0 aliphatic rings. The van der Waals surface area contributed by atoms with Gasteiger partial charge in [0.25, 0.3) is 0 Å². The van der Waals surface area contributed by atoms with Crippen LogP contribution in [0.5, 0.6) is 0 Å². The highest BCUT2D eigenvalue weighted by atomic mass is 16.6. The topological polar surface area (TPSA) is 52.6 Å². The molecule has 0 aromatic heterocycles. The van der Waals surface area contributed by atoms with Gasteiger partial charge in [0.15, 0.2) is 5.92 Å². The fourth-order valence-electron chi connectivity index (χ4n) is 1.39. The molecule has 2 unspecified atom stereocenters. The van der Waals surface area contributed by atoms with E-state index in [9.17, 15) is 9.59 Å². The van der Waals surface area contributed by atoms with Gasteiger partial charge in [-0.25, -0.2) is 0 Å². The van der Waals surface area contributed by atoms with Gasteiger partial charge in [-0.1, -0.05) is 26.8 Å². The molecule has 0 saturated heterocycles. The number of hydrogen-bond donors (Lipinski definition) is 0. The lowest BCUT2D eigenvalue weighted by atomic mass is 9.91. The Labute approximate surface area is 109 Å². The Morgan fingerprint density at radius 1 is 1.28 bits per heavy atom. The highest BCUT2D eigenvalue weighted by Gasteiger charge is 2.36. The van der Waals surface area contributed by atoms with Crippen molar-refractivity contribution in [2.45, 2.75) is 46.6 Å². The van der Waals surface area contributed by atoms with Gasteiger partial charge in [0, 0.05) is 0 Å². The van der Waals surface area contributed by atoms with Crippen molar-refractivity contribution in [1.82, 2.24) is 0 Å². The molecule has 0 fully saturated rings. The lowest BCUT2D eigenvalue weighted by Gasteiger charge is -2.26. The van der Waals surface area contributed by atoms with E-state index in [1.54, 1.807) is 20.8 Å². The van der Waals surface area contributed by atoms with Gasteiger partial charge in [-0.15, -0.1) is 0 Å². The first kappa shape index (κ1) is 16.7. The zero-order valence-electron chi connectivity index (χ0n) is 12.0. The maximum atomic E-state index is 12.1. The van der Waals surface area contributed by atoms with Crippen molar-refractivity contribution in [3.8, 4) is 0 Å². The van der Waals surface area contributed by atoms with Crippen LogP contribution in [0.25, 0.3) is 0 Å². The number of esters is 2. The van der Waals surface area contributed by atoms with Crippen LogP contribution in [-0.2, 0) is 19.1 Å². The second-order valence-corrected chi connectivity index (χ2v) is 4.84. The first-order chi connectivity index (χ1) is 8.29. The molecule has 0 rings (SSSR count). The van der Waals surface area contributed by atoms with E-state index in [1.165, 1.54) is 6.08 Å². The number of carbonyl (C=O) groups excluding carboxylic acids is 2. The van der Waals surface area contributed by atoms with Crippen molar-refractivity contribution in [3.05, 3.63) is 12.7 Å². The molecular weight excluding hydrogens is 232 g/mol. The SMILES string of the molecule is C=CC(C)(C)OC(=O)C(C(=O)OCC)C(C)CC. The summed E-state index contributed by atoms with van der Waals surface area (Å²) in [6.07, 6.45) is 2.23. The molecule has 4 nitrogen and oxygen atoms in total. The molecule has 0 saturated carbocycles. The van der Waals surface area contributed by atoms with Crippen molar-refractivity contribution >= 4 is 11.9 Å². The Kier molecular flexibility index (Phi) is 6.66. The Bertz CT molecular complexity index is 307. The lowest BCUT2D eigenvalue weighted by Crippen LogP contribution is -2.37. The van der Waals surface area contributed by atoms with Crippen LogP contribution in [0, 0.1) is 11.8 Å². The molecule has 0 aromatic carbocycles. The van der Waals surface area contributed by atoms with Crippen LogP contribution in [0.3, 0.4) is 0 Å². The van der Waals surface area contributed by atoms with Gasteiger partial charge in [0.1, 0.15) is 5.60 Å². The van der Waals surface area contributed by atoms with E-state index in [0.717, 1.165) is 0 Å². The molecule has 104 valence electrons. The average Bonchev–Trinajstić information content (AvgIpc) is 2.28. The van der Waals surface area contributed by atoms with Gasteiger partial charge in [0.05, 0.1) is 6.61 Å². The number of carbonyl (C=O) groups is 2. The van der Waals surface area contributed by atoms with E-state index in [1.807, 2.05) is 13.8 Å². The fraction of sp³-hybridized carbons (Fsp3) is 0.714. The molecular formula is C14H24O4. The van der Waals surface area contributed by atoms with Crippen LogP contribution in [0.15, 0.2) is 12.7 Å². The molecule has 18 heavy (non-hydrogen) atoms. The van der Waals surface area contributed by atoms with Crippen molar-refractivity contribution < 1.29 is 19.1 Å². The minimum Gasteiger partial charge on any atom is -0.465 e. The molecule has 0 aromatic rings. The third kappa shape index (κ3) is 4.90. The quantitative estimate of drug-likeness (QED) is 0.399. The average molecular weight is 256 g/mol. The van der Waals surface area contributed by atoms with Gasteiger partial charge in [-0.2, -0.15) is 0 Å². The Morgan fingerprint density at radius 2 is 1.83 bits per heavy atom. The van der Waals surface area contributed by atoms with Crippen molar-refractivity contribution in [2.75, 3.05) is 6.61 Å². The normalized spacial score (nSPS) is 14.5. The second-order valence-electron chi connectivity index (χ2n) is 4.84. The molecule has 0 aliphatic heterocycles. The Hall–Kier alpha value is -1.32. The number of ether oxygens (including phenoxy) is 2. The van der Waals surface area contributed by atoms with Gasteiger partial charge < -0.3 is 9.47 Å². The number of hydrogen-bond acceptors (Lipinski definition) is 4. The molecule has 0 heterocycles. The van der Waals surface area contributed by atoms with Crippen LogP contribution in [0.4, 0.5) is 0 Å². The predicted octanol–water partition coefficient (Wildman–Crippen LogP) is 2.72. The van der Waals surface area contributed by atoms with E-state index in [4.69, 9.17) is 9.47 Å². The molecule has 0 amide bonds. The zero-order chi connectivity index (χ0) is 14.3. The largest absolute Gasteiger partial charge is 0.465 e. The lowest BCUT2D eigenvalue weighted by molar-refractivity contribution is -0.170. The highest BCUT2D eigenvalue weighted by Crippen LogP contribution is 2.22. The second kappa shape index (κ2) is 7.19. The van der Waals surface area contributed by atoms with Gasteiger partial charge in [-0.05, 0) is 32.8 Å². The first-order valence-corrected chi connectivity index (χ1v) is 6.32. The summed E-state index contributed by atoms with van der Waals surface area (Å²) in [5, 5.41) is 0. The molecule has 2 atom stereocenters. The fourth-order valence-corrected chi connectivity index (χ4v) is 1.39. The third-order valence-electron chi connectivity index (χ3n) is 2.86. The van der Waals surface area contributed by atoms with Crippen molar-refractivity contribution in [3.63, 3.8) is 0 Å². The molecule has 0 bridgehead atoms. The maximum absolute atomic E-state index is 12.1. The van der Waals surface area contributed by atoms with E-state index in [0.29, 0.717) is 6.42 Å². The monoisotopic (exact) mass is 256 g/mol. The standard InChI is InChI=1S/C14H24O4/c1-7-10(4)11(12(15)17-9-3)13(16)18-14(5,6)8-2/h8,10-11H,2,7,9H2,1,3-6H3.